The lowest BCUT2D eigenvalue weighted by Gasteiger charge is -2.36. The summed E-state index contributed by atoms with van der Waals surface area (Å²) in [7, 11) is 4.20. The Morgan fingerprint density at radius 3 is 3.06 bits per heavy atom. The average molecular weight is 236 g/mol. The maximum atomic E-state index is 6.38. The van der Waals surface area contributed by atoms with Crippen LogP contribution in [0.1, 0.15) is 19.3 Å². The van der Waals surface area contributed by atoms with Gasteiger partial charge in [-0.2, -0.15) is 0 Å². The van der Waals surface area contributed by atoms with E-state index < -0.39 is 0 Å². The van der Waals surface area contributed by atoms with Gasteiger partial charge in [0.05, 0.1) is 0 Å². The third kappa shape index (κ3) is 3.31. The third-order valence-corrected chi connectivity index (χ3v) is 3.42. The SMILES string of the molecule is CN(C)CCC[C@]1(N)C=CC2=C(CCNC2)N1. The number of dihydropyridines is 1. The van der Waals surface area contributed by atoms with Gasteiger partial charge < -0.3 is 21.3 Å². The average Bonchev–Trinajstić information content (AvgIpc) is 2.28. The van der Waals surface area contributed by atoms with Crippen LogP contribution in [-0.2, 0) is 0 Å². The fraction of sp³-hybridized carbons (Fsp3) is 0.692. The van der Waals surface area contributed by atoms with Crippen LogP contribution in [0.4, 0.5) is 0 Å². The first-order valence-electron chi connectivity index (χ1n) is 6.43. The fourth-order valence-electron chi connectivity index (χ4n) is 2.41. The maximum absolute atomic E-state index is 6.38. The maximum Gasteiger partial charge on any atom is 0.105 e. The van der Waals surface area contributed by atoms with Gasteiger partial charge in [0.15, 0.2) is 0 Å². The molecule has 2 heterocycles. The molecule has 0 unspecified atom stereocenters. The Balaban J connectivity index is 1.91. The quantitative estimate of drug-likeness (QED) is 0.661. The number of hydrogen-bond donors (Lipinski definition) is 3. The fourth-order valence-corrected chi connectivity index (χ4v) is 2.41. The Morgan fingerprint density at radius 2 is 2.29 bits per heavy atom. The van der Waals surface area contributed by atoms with Gasteiger partial charge in [0.1, 0.15) is 5.66 Å². The summed E-state index contributed by atoms with van der Waals surface area (Å²) >= 11 is 0. The lowest BCUT2D eigenvalue weighted by molar-refractivity contribution is 0.339. The molecule has 96 valence electrons. The van der Waals surface area contributed by atoms with Crippen molar-refractivity contribution in [1.82, 2.24) is 15.5 Å². The van der Waals surface area contributed by atoms with Gasteiger partial charge in [-0.1, -0.05) is 6.08 Å². The zero-order chi connectivity index (χ0) is 12.3. The Morgan fingerprint density at radius 1 is 1.47 bits per heavy atom. The summed E-state index contributed by atoms with van der Waals surface area (Å²) in [5.74, 6) is 0. The zero-order valence-corrected chi connectivity index (χ0v) is 10.9. The third-order valence-electron chi connectivity index (χ3n) is 3.42. The Bertz CT molecular complexity index is 332. The second kappa shape index (κ2) is 5.21. The van der Waals surface area contributed by atoms with E-state index in [4.69, 9.17) is 5.73 Å². The molecular weight excluding hydrogens is 212 g/mol. The van der Waals surface area contributed by atoms with E-state index in [2.05, 4.69) is 41.8 Å². The van der Waals surface area contributed by atoms with Gasteiger partial charge in [-0.15, -0.1) is 0 Å². The number of nitrogens with two attached hydrogens (primary N) is 1. The largest absolute Gasteiger partial charge is 0.367 e. The highest BCUT2D eigenvalue weighted by molar-refractivity contribution is 5.35. The summed E-state index contributed by atoms with van der Waals surface area (Å²) in [6, 6.07) is 0. The summed E-state index contributed by atoms with van der Waals surface area (Å²) in [6.07, 6.45) is 7.46. The first kappa shape index (κ1) is 12.6. The summed E-state index contributed by atoms with van der Waals surface area (Å²) in [4.78, 5) is 2.20. The number of nitrogens with zero attached hydrogens (tertiary/aromatic N) is 1. The van der Waals surface area contributed by atoms with Crippen LogP contribution in [0.25, 0.3) is 0 Å². The van der Waals surface area contributed by atoms with E-state index in [1.807, 2.05) is 0 Å². The van der Waals surface area contributed by atoms with E-state index >= 15 is 0 Å². The van der Waals surface area contributed by atoms with E-state index in [0.29, 0.717) is 0 Å². The van der Waals surface area contributed by atoms with Gasteiger partial charge in [0, 0.05) is 18.8 Å². The normalized spacial score (nSPS) is 28.2. The van der Waals surface area contributed by atoms with Crippen molar-refractivity contribution in [1.29, 1.82) is 0 Å². The van der Waals surface area contributed by atoms with E-state index in [1.165, 1.54) is 11.3 Å². The molecule has 0 aromatic heterocycles. The monoisotopic (exact) mass is 236 g/mol. The van der Waals surface area contributed by atoms with Gasteiger partial charge in [0.25, 0.3) is 0 Å². The topological polar surface area (TPSA) is 53.3 Å². The van der Waals surface area contributed by atoms with Gasteiger partial charge in [-0.3, -0.25) is 0 Å². The molecule has 0 fully saturated rings. The van der Waals surface area contributed by atoms with Crippen molar-refractivity contribution in [2.45, 2.75) is 24.9 Å². The van der Waals surface area contributed by atoms with Crippen molar-refractivity contribution in [2.75, 3.05) is 33.7 Å². The minimum atomic E-state index is -0.341. The number of nitrogens with one attached hydrogen (secondary N) is 2. The van der Waals surface area contributed by atoms with Gasteiger partial charge >= 0.3 is 0 Å². The Hall–Kier alpha value is -0.840. The first-order chi connectivity index (χ1) is 8.09. The Labute approximate surface area is 104 Å². The standard InChI is InChI=1S/C13H24N4/c1-17(2)9-3-6-13(14)7-4-11-10-15-8-5-12(11)16-13/h4,7,15-16H,3,5-6,8-10,14H2,1-2H3/t13-/m1/s1. The molecule has 2 rings (SSSR count). The molecular formula is C13H24N4. The molecule has 2 aliphatic rings. The molecule has 0 bridgehead atoms. The van der Waals surface area contributed by atoms with Gasteiger partial charge in [-0.05, 0) is 51.6 Å². The molecule has 1 atom stereocenters. The van der Waals surface area contributed by atoms with Crippen molar-refractivity contribution in [2.24, 2.45) is 5.73 Å². The van der Waals surface area contributed by atoms with Gasteiger partial charge in [0.2, 0.25) is 0 Å². The molecule has 0 saturated carbocycles. The molecule has 0 aliphatic carbocycles. The van der Waals surface area contributed by atoms with Gasteiger partial charge in [-0.25, -0.2) is 0 Å². The Kier molecular flexibility index (Phi) is 3.86. The van der Waals surface area contributed by atoms with Crippen LogP contribution in [0, 0.1) is 0 Å². The number of rotatable bonds is 4. The molecule has 4 nitrogen and oxygen atoms in total. The second-order valence-corrected chi connectivity index (χ2v) is 5.34. The highest BCUT2D eigenvalue weighted by atomic mass is 15.1. The van der Waals surface area contributed by atoms with E-state index in [-0.39, 0.29) is 5.66 Å². The molecule has 0 aromatic carbocycles. The molecule has 0 saturated heterocycles. The van der Waals surface area contributed by atoms with Crippen molar-refractivity contribution >= 4 is 0 Å². The lowest BCUT2D eigenvalue weighted by atomic mass is 9.94. The highest BCUT2D eigenvalue weighted by Gasteiger charge is 2.27. The van der Waals surface area contributed by atoms with Crippen LogP contribution in [0.3, 0.4) is 0 Å². The minimum Gasteiger partial charge on any atom is -0.367 e. The molecule has 0 spiro atoms. The minimum absolute atomic E-state index is 0.341. The summed E-state index contributed by atoms with van der Waals surface area (Å²) in [5.41, 5.74) is 8.74. The van der Waals surface area contributed by atoms with Crippen molar-refractivity contribution < 1.29 is 0 Å². The predicted molar refractivity (Wildman–Crippen MR) is 71.5 cm³/mol. The van der Waals surface area contributed by atoms with Crippen LogP contribution in [0.5, 0.6) is 0 Å². The molecule has 0 amide bonds. The summed E-state index contributed by atoms with van der Waals surface area (Å²) in [5, 5.41) is 6.89. The highest BCUT2D eigenvalue weighted by Crippen LogP contribution is 2.22. The summed E-state index contributed by atoms with van der Waals surface area (Å²) < 4.78 is 0. The molecule has 4 heteroatoms. The molecule has 17 heavy (non-hydrogen) atoms. The lowest BCUT2D eigenvalue weighted by Crippen LogP contribution is -2.54. The van der Waals surface area contributed by atoms with Crippen LogP contribution in [-0.4, -0.2) is 44.3 Å². The van der Waals surface area contributed by atoms with Crippen molar-refractivity contribution in [3.63, 3.8) is 0 Å². The second-order valence-electron chi connectivity index (χ2n) is 5.34. The van der Waals surface area contributed by atoms with Crippen LogP contribution >= 0.6 is 0 Å². The molecule has 0 aromatic rings. The molecule has 0 radical (unpaired) electrons. The van der Waals surface area contributed by atoms with Crippen LogP contribution in [0.15, 0.2) is 23.4 Å². The zero-order valence-electron chi connectivity index (χ0n) is 10.9. The molecule has 4 N–H and O–H groups in total. The van der Waals surface area contributed by atoms with E-state index in [9.17, 15) is 0 Å². The predicted octanol–water partition coefficient (Wildman–Crippen LogP) is 0.390. The summed E-state index contributed by atoms with van der Waals surface area (Å²) in [6.45, 7) is 3.10. The smallest absolute Gasteiger partial charge is 0.105 e. The van der Waals surface area contributed by atoms with Crippen LogP contribution in [0.2, 0.25) is 0 Å². The number of hydrogen-bond acceptors (Lipinski definition) is 4. The van der Waals surface area contributed by atoms with E-state index in [0.717, 1.165) is 38.9 Å². The molecule has 2 aliphatic heterocycles. The van der Waals surface area contributed by atoms with Crippen molar-refractivity contribution in [3.05, 3.63) is 23.4 Å². The van der Waals surface area contributed by atoms with E-state index in [1.54, 1.807) is 0 Å². The first-order valence-corrected chi connectivity index (χ1v) is 6.43. The van der Waals surface area contributed by atoms with Crippen LogP contribution < -0.4 is 16.4 Å². The van der Waals surface area contributed by atoms with Crippen molar-refractivity contribution in [3.8, 4) is 0 Å².